The van der Waals surface area contributed by atoms with Crippen LogP contribution in [0.5, 0.6) is 0 Å². The van der Waals surface area contributed by atoms with E-state index >= 15 is 0 Å². The monoisotopic (exact) mass is 148 g/mol. The lowest BCUT2D eigenvalue weighted by atomic mass is 10.1. The third-order valence-corrected chi connectivity index (χ3v) is 1.91. The van der Waals surface area contributed by atoms with E-state index in [1.54, 1.807) is 0 Å². The topological polar surface area (TPSA) is 43.9 Å². The van der Waals surface area contributed by atoms with Crippen LogP contribution in [0.1, 0.15) is 12.0 Å². The fourth-order valence-electron chi connectivity index (χ4n) is 1.16. The van der Waals surface area contributed by atoms with Gasteiger partial charge < -0.3 is 0 Å². The number of rotatable bonds is 3. The molecule has 0 saturated carbocycles. The van der Waals surface area contributed by atoms with Gasteiger partial charge in [0.25, 0.3) is 0 Å². The van der Waals surface area contributed by atoms with Gasteiger partial charge >= 0.3 is 0 Å². The molecule has 1 fully saturated rings. The number of aryl methyl sites for hydroxylation is 1. The second-order valence-corrected chi connectivity index (χ2v) is 2.87. The molecule has 0 aliphatic carbocycles. The van der Waals surface area contributed by atoms with Gasteiger partial charge in [-0.3, -0.25) is 0 Å². The highest BCUT2D eigenvalue weighted by Crippen LogP contribution is 2.05. The normalized spacial score (nSPS) is 16.7. The summed E-state index contributed by atoms with van der Waals surface area (Å²) in [5.74, 6) is 0. The Kier molecular flexibility index (Phi) is 1.88. The Bertz CT molecular complexity index is 216. The quantitative estimate of drug-likeness (QED) is 0.629. The van der Waals surface area contributed by atoms with Gasteiger partial charge in [0.05, 0.1) is 6.17 Å². The summed E-state index contributed by atoms with van der Waals surface area (Å²) < 4.78 is 0. The fourth-order valence-corrected chi connectivity index (χ4v) is 1.16. The Hall–Kier alpha value is -0.860. The zero-order chi connectivity index (χ0) is 7.52. The van der Waals surface area contributed by atoms with Crippen molar-refractivity contribution in [3.63, 3.8) is 0 Å². The first-order chi connectivity index (χ1) is 5.45. The maximum atomic E-state index is 3.05. The molecule has 2 rings (SSSR count). The number of hydrogen-bond donors (Lipinski definition) is 2. The van der Waals surface area contributed by atoms with Gasteiger partial charge in [0.1, 0.15) is 0 Å². The molecule has 0 radical (unpaired) electrons. The van der Waals surface area contributed by atoms with Crippen molar-refractivity contribution in [3.8, 4) is 0 Å². The Balaban J connectivity index is 1.85. The molecule has 0 bridgehead atoms. The summed E-state index contributed by atoms with van der Waals surface area (Å²) in [4.78, 5) is 0. The van der Waals surface area contributed by atoms with Crippen molar-refractivity contribution >= 4 is 0 Å². The van der Waals surface area contributed by atoms with Crippen molar-refractivity contribution in [2.75, 3.05) is 0 Å². The van der Waals surface area contributed by atoms with Crippen LogP contribution in [-0.2, 0) is 6.42 Å². The van der Waals surface area contributed by atoms with Crippen molar-refractivity contribution in [1.29, 1.82) is 0 Å². The molecule has 0 atom stereocenters. The van der Waals surface area contributed by atoms with Gasteiger partial charge in [-0.05, 0) is 18.4 Å². The highest BCUT2D eigenvalue weighted by molar-refractivity contribution is 5.14. The molecule has 2 nitrogen and oxygen atoms in total. The summed E-state index contributed by atoms with van der Waals surface area (Å²) in [6.07, 6.45) is 2.91. The van der Waals surface area contributed by atoms with Crippen LogP contribution < -0.4 is 10.9 Å². The summed E-state index contributed by atoms with van der Waals surface area (Å²) in [5, 5.41) is 0. The van der Waals surface area contributed by atoms with Crippen molar-refractivity contribution in [2.45, 2.75) is 19.0 Å². The molecule has 1 saturated heterocycles. The maximum Gasteiger partial charge on any atom is 0.0836 e. The minimum absolute atomic E-state index is 0.565. The van der Waals surface area contributed by atoms with Crippen molar-refractivity contribution in [2.24, 2.45) is 0 Å². The summed E-state index contributed by atoms with van der Waals surface area (Å²) in [5.41, 5.74) is 7.53. The van der Waals surface area contributed by atoms with E-state index in [2.05, 4.69) is 41.2 Å². The lowest BCUT2D eigenvalue weighted by molar-refractivity contribution is 0.788. The van der Waals surface area contributed by atoms with Crippen molar-refractivity contribution < 1.29 is 0 Å². The second-order valence-electron chi connectivity index (χ2n) is 2.87. The van der Waals surface area contributed by atoms with Gasteiger partial charge in [-0.1, -0.05) is 30.3 Å². The Morgan fingerprint density at radius 1 is 1.09 bits per heavy atom. The van der Waals surface area contributed by atoms with Gasteiger partial charge in [-0.15, -0.1) is 0 Å². The lowest BCUT2D eigenvalue weighted by Gasteiger charge is -1.96. The largest absolute Gasteiger partial charge is 0.238 e. The third kappa shape index (κ3) is 2.03. The van der Waals surface area contributed by atoms with Gasteiger partial charge in [-0.25, -0.2) is 10.9 Å². The van der Waals surface area contributed by atoms with Crippen LogP contribution in [-0.4, -0.2) is 6.17 Å². The van der Waals surface area contributed by atoms with Crippen LogP contribution in [0, 0.1) is 0 Å². The van der Waals surface area contributed by atoms with E-state index in [9.17, 15) is 0 Å². The fraction of sp³-hybridized carbons (Fsp3) is 0.333. The molecule has 2 N–H and O–H groups in total. The SMILES string of the molecule is c1ccc(CCC2NN2)cc1. The van der Waals surface area contributed by atoms with Crippen LogP contribution in [0.4, 0.5) is 0 Å². The van der Waals surface area contributed by atoms with E-state index in [-0.39, 0.29) is 0 Å². The minimum Gasteiger partial charge on any atom is -0.238 e. The van der Waals surface area contributed by atoms with Crippen LogP contribution in [0.2, 0.25) is 0 Å². The number of hydrogen-bond acceptors (Lipinski definition) is 2. The standard InChI is InChI=1S/C9H12N2/c1-2-4-8(5-3-1)6-7-9-10-11-9/h1-5,9-11H,6-7H2. The Labute approximate surface area is 66.6 Å². The van der Waals surface area contributed by atoms with Crippen LogP contribution in [0.3, 0.4) is 0 Å². The second kappa shape index (κ2) is 3.03. The zero-order valence-electron chi connectivity index (χ0n) is 6.38. The first kappa shape index (κ1) is 6.83. The summed E-state index contributed by atoms with van der Waals surface area (Å²) in [6.45, 7) is 0. The number of benzene rings is 1. The van der Waals surface area contributed by atoms with E-state index in [1.165, 1.54) is 12.0 Å². The zero-order valence-corrected chi connectivity index (χ0v) is 6.38. The van der Waals surface area contributed by atoms with Gasteiger partial charge in [0.2, 0.25) is 0 Å². The maximum absolute atomic E-state index is 3.05. The third-order valence-electron chi connectivity index (χ3n) is 1.91. The summed E-state index contributed by atoms with van der Waals surface area (Å²) in [6, 6.07) is 10.6. The Morgan fingerprint density at radius 3 is 2.45 bits per heavy atom. The first-order valence-corrected chi connectivity index (χ1v) is 4.00. The van der Waals surface area contributed by atoms with E-state index < -0.39 is 0 Å². The summed E-state index contributed by atoms with van der Waals surface area (Å²) in [7, 11) is 0. The average Bonchev–Trinajstić information content (AvgIpc) is 2.86. The van der Waals surface area contributed by atoms with Gasteiger partial charge in [0.15, 0.2) is 0 Å². The smallest absolute Gasteiger partial charge is 0.0836 e. The molecule has 1 aliphatic rings. The molecular weight excluding hydrogens is 136 g/mol. The highest BCUT2D eigenvalue weighted by Gasteiger charge is 2.17. The molecule has 0 spiro atoms. The van der Waals surface area contributed by atoms with Crippen molar-refractivity contribution in [1.82, 2.24) is 10.9 Å². The average molecular weight is 148 g/mol. The molecule has 1 aliphatic heterocycles. The number of nitrogens with one attached hydrogen (secondary N) is 2. The van der Waals surface area contributed by atoms with Crippen LogP contribution in [0.25, 0.3) is 0 Å². The molecule has 0 amide bonds. The molecule has 0 unspecified atom stereocenters. The van der Waals surface area contributed by atoms with E-state index in [1.807, 2.05) is 0 Å². The van der Waals surface area contributed by atoms with Gasteiger partial charge in [-0.2, -0.15) is 0 Å². The molecule has 1 aromatic carbocycles. The van der Waals surface area contributed by atoms with E-state index in [0.29, 0.717) is 6.17 Å². The molecule has 11 heavy (non-hydrogen) atoms. The minimum atomic E-state index is 0.565. The molecule has 1 aromatic rings. The highest BCUT2D eigenvalue weighted by atomic mass is 15.6. The van der Waals surface area contributed by atoms with Crippen molar-refractivity contribution in [3.05, 3.63) is 35.9 Å². The van der Waals surface area contributed by atoms with E-state index in [0.717, 1.165) is 6.42 Å². The van der Waals surface area contributed by atoms with Crippen LogP contribution >= 0.6 is 0 Å². The van der Waals surface area contributed by atoms with E-state index in [4.69, 9.17) is 0 Å². The Morgan fingerprint density at radius 2 is 1.82 bits per heavy atom. The predicted molar refractivity (Wildman–Crippen MR) is 44.8 cm³/mol. The van der Waals surface area contributed by atoms with Gasteiger partial charge in [0, 0.05) is 0 Å². The molecule has 58 valence electrons. The molecule has 0 aromatic heterocycles. The molecule has 1 heterocycles. The lowest BCUT2D eigenvalue weighted by Crippen LogP contribution is -1.94. The molecule has 2 heteroatoms. The predicted octanol–water partition coefficient (Wildman–Crippen LogP) is 1.05. The molecular formula is C9H12N2. The first-order valence-electron chi connectivity index (χ1n) is 4.00. The summed E-state index contributed by atoms with van der Waals surface area (Å²) >= 11 is 0. The number of hydrazine groups is 1. The van der Waals surface area contributed by atoms with Crippen LogP contribution in [0.15, 0.2) is 30.3 Å².